The van der Waals surface area contributed by atoms with Crippen LogP contribution in [0, 0.1) is 18.6 Å². The highest BCUT2D eigenvalue weighted by Gasteiger charge is 2.29. The maximum atomic E-state index is 15.1. The van der Waals surface area contributed by atoms with Gasteiger partial charge in [0.15, 0.2) is 17.2 Å². The molecule has 9 heteroatoms. The van der Waals surface area contributed by atoms with Crippen LogP contribution < -0.4 is 14.8 Å². The molecule has 0 bridgehead atoms. The summed E-state index contributed by atoms with van der Waals surface area (Å²) in [7, 11) is 1.32. The van der Waals surface area contributed by atoms with Crippen LogP contribution >= 0.6 is 0 Å². The number of benzene rings is 2. The summed E-state index contributed by atoms with van der Waals surface area (Å²) in [5, 5.41) is 7.66. The molecule has 0 saturated heterocycles. The van der Waals surface area contributed by atoms with Gasteiger partial charge in [-0.1, -0.05) is 32.0 Å². The third-order valence-corrected chi connectivity index (χ3v) is 6.44. The van der Waals surface area contributed by atoms with Crippen LogP contribution in [-0.2, 0) is 0 Å². The molecule has 3 heterocycles. The Morgan fingerprint density at radius 2 is 1.97 bits per heavy atom. The van der Waals surface area contributed by atoms with E-state index < -0.39 is 11.6 Å². The molecule has 1 aliphatic heterocycles. The number of methoxy groups -OCH3 is 1. The van der Waals surface area contributed by atoms with E-state index in [1.807, 2.05) is 38.1 Å². The average Bonchev–Trinajstić information content (AvgIpc) is 3.19. The predicted molar refractivity (Wildman–Crippen MR) is 130 cm³/mol. The van der Waals surface area contributed by atoms with Crippen molar-refractivity contribution in [1.82, 2.24) is 19.9 Å². The van der Waals surface area contributed by atoms with E-state index in [0.717, 1.165) is 17.4 Å². The zero-order valence-electron chi connectivity index (χ0n) is 20.4. The molecule has 0 aliphatic carbocycles. The van der Waals surface area contributed by atoms with Gasteiger partial charge in [-0.25, -0.2) is 18.3 Å². The third kappa shape index (κ3) is 3.84. The number of carbonyl (C=O) groups excluding carboxylic acids is 1. The lowest BCUT2D eigenvalue weighted by Crippen LogP contribution is -2.33. The Labute approximate surface area is 207 Å². The lowest BCUT2D eigenvalue weighted by molar-refractivity contribution is 0.0922. The third-order valence-electron chi connectivity index (χ3n) is 6.44. The predicted octanol–water partition coefficient (Wildman–Crippen LogP) is 5.37. The molecule has 0 spiro atoms. The fraction of sp³-hybridized carbons (Fsp3) is 0.296. The van der Waals surface area contributed by atoms with Crippen LogP contribution in [0.3, 0.4) is 0 Å². The number of nitrogens with zero attached hydrogens (tertiary/aromatic N) is 3. The fourth-order valence-electron chi connectivity index (χ4n) is 4.78. The number of aromatic nitrogens is 3. The molecule has 1 amide bonds. The van der Waals surface area contributed by atoms with Gasteiger partial charge in [0.05, 0.1) is 47.8 Å². The number of ether oxygens (including phenoxy) is 2. The molecule has 1 aliphatic rings. The minimum atomic E-state index is -0.830. The van der Waals surface area contributed by atoms with Crippen molar-refractivity contribution in [3.63, 3.8) is 0 Å². The van der Waals surface area contributed by atoms with E-state index in [1.165, 1.54) is 23.9 Å². The number of rotatable bonds is 5. The molecule has 0 unspecified atom stereocenters. The van der Waals surface area contributed by atoms with Crippen molar-refractivity contribution in [3.05, 3.63) is 76.7 Å². The van der Waals surface area contributed by atoms with Crippen LogP contribution in [-0.4, -0.2) is 34.2 Å². The van der Waals surface area contributed by atoms with Gasteiger partial charge in [0.1, 0.15) is 11.6 Å². The first-order valence-corrected chi connectivity index (χ1v) is 11.7. The van der Waals surface area contributed by atoms with Crippen LogP contribution in [0.2, 0.25) is 0 Å². The largest absolute Gasteiger partial charge is 0.494 e. The summed E-state index contributed by atoms with van der Waals surface area (Å²) in [4.78, 5) is 17.9. The normalized spacial score (nSPS) is 15.0. The number of amides is 1. The second kappa shape index (κ2) is 9.22. The highest BCUT2D eigenvalue weighted by atomic mass is 19.1. The Hall–Kier alpha value is -4.01. The summed E-state index contributed by atoms with van der Waals surface area (Å²) >= 11 is 0. The molecule has 2 aromatic heterocycles. The van der Waals surface area contributed by atoms with E-state index in [2.05, 4.69) is 15.4 Å². The molecule has 186 valence electrons. The summed E-state index contributed by atoms with van der Waals surface area (Å²) in [6.45, 7) is 6.01. The Balaban J connectivity index is 1.61. The van der Waals surface area contributed by atoms with Gasteiger partial charge in [-0.05, 0) is 31.0 Å². The number of hydrogen-bond donors (Lipinski definition) is 1. The Morgan fingerprint density at radius 1 is 1.19 bits per heavy atom. The van der Waals surface area contributed by atoms with Crippen LogP contribution in [0.5, 0.6) is 11.5 Å². The Morgan fingerprint density at radius 3 is 2.72 bits per heavy atom. The molecule has 2 aromatic carbocycles. The first-order chi connectivity index (χ1) is 17.3. The van der Waals surface area contributed by atoms with E-state index in [0.29, 0.717) is 30.0 Å². The summed E-state index contributed by atoms with van der Waals surface area (Å²) in [5.74, 6) is -1.35. The van der Waals surface area contributed by atoms with Gasteiger partial charge in [-0.2, -0.15) is 5.10 Å². The van der Waals surface area contributed by atoms with Gasteiger partial charge in [-0.15, -0.1) is 0 Å². The fourth-order valence-corrected chi connectivity index (χ4v) is 4.78. The van der Waals surface area contributed by atoms with Crippen LogP contribution in [0.25, 0.3) is 16.8 Å². The molecular weight excluding hydrogens is 466 g/mol. The summed E-state index contributed by atoms with van der Waals surface area (Å²) in [6.07, 6.45) is 2.08. The molecule has 0 saturated carbocycles. The van der Waals surface area contributed by atoms with E-state index in [1.54, 1.807) is 6.92 Å². The van der Waals surface area contributed by atoms with Gasteiger partial charge >= 0.3 is 0 Å². The second-order valence-electron chi connectivity index (χ2n) is 9.05. The maximum absolute atomic E-state index is 15.1. The van der Waals surface area contributed by atoms with Crippen molar-refractivity contribution in [3.8, 4) is 22.6 Å². The molecule has 4 aromatic rings. The van der Waals surface area contributed by atoms with Gasteiger partial charge in [0, 0.05) is 18.2 Å². The van der Waals surface area contributed by atoms with Gasteiger partial charge in [-0.3, -0.25) is 4.79 Å². The van der Waals surface area contributed by atoms with Crippen LogP contribution in [0.4, 0.5) is 8.78 Å². The van der Waals surface area contributed by atoms with E-state index in [4.69, 9.17) is 9.47 Å². The summed E-state index contributed by atoms with van der Waals surface area (Å²) in [6, 6.07) is 9.79. The monoisotopic (exact) mass is 492 g/mol. The standard InChI is InChI=1S/C27H26F2N4O3/c1-14(2)25-17(27(34)31-19-11-12-36-20-8-6-5-7-16(19)20)13-30-26-22(15(3)32-33(25)26)23-18(28)9-10-21(35-4)24(23)29/h5-10,13-14,19H,11-12H2,1-4H3,(H,31,34)/t19-/m0/s1. The molecular formula is C27H26F2N4O3. The van der Waals surface area contributed by atoms with Crippen molar-refractivity contribution in [2.24, 2.45) is 0 Å². The molecule has 0 fully saturated rings. The minimum Gasteiger partial charge on any atom is -0.494 e. The average molecular weight is 493 g/mol. The van der Waals surface area contributed by atoms with E-state index in [-0.39, 0.29) is 40.4 Å². The lowest BCUT2D eigenvalue weighted by Gasteiger charge is -2.27. The highest BCUT2D eigenvalue weighted by molar-refractivity contribution is 5.96. The van der Waals surface area contributed by atoms with Crippen molar-refractivity contribution in [2.75, 3.05) is 13.7 Å². The highest BCUT2D eigenvalue weighted by Crippen LogP contribution is 2.37. The number of hydrogen-bond acceptors (Lipinski definition) is 5. The molecule has 5 rings (SSSR count). The maximum Gasteiger partial charge on any atom is 0.255 e. The molecule has 1 N–H and O–H groups in total. The van der Waals surface area contributed by atoms with Crippen molar-refractivity contribution in [1.29, 1.82) is 0 Å². The van der Waals surface area contributed by atoms with Crippen molar-refractivity contribution < 1.29 is 23.0 Å². The minimum absolute atomic E-state index is 0.0815. The summed E-state index contributed by atoms with van der Waals surface area (Å²) in [5.41, 5.74) is 2.45. The first-order valence-electron chi connectivity index (χ1n) is 11.7. The second-order valence-corrected chi connectivity index (χ2v) is 9.05. The zero-order chi connectivity index (χ0) is 25.6. The Kier molecular flexibility index (Phi) is 6.07. The first kappa shape index (κ1) is 23.7. The van der Waals surface area contributed by atoms with E-state index in [9.17, 15) is 9.18 Å². The topological polar surface area (TPSA) is 77.8 Å². The SMILES string of the molecule is COc1ccc(F)c(-c2c(C)nn3c(C(C)C)c(C(=O)N[C@H]4CCOc5ccccc54)cnc23)c1F. The number of carbonyl (C=O) groups is 1. The number of aryl methyl sites for hydroxylation is 1. The van der Waals surface area contributed by atoms with Crippen LogP contribution in [0.1, 0.15) is 59.5 Å². The number of fused-ring (bicyclic) bond motifs is 2. The van der Waals surface area contributed by atoms with Gasteiger partial charge in [0.2, 0.25) is 0 Å². The van der Waals surface area contributed by atoms with E-state index >= 15 is 4.39 Å². The number of nitrogens with one attached hydrogen (secondary N) is 1. The molecule has 1 atom stereocenters. The Bertz CT molecular complexity index is 1480. The number of para-hydroxylation sites is 1. The summed E-state index contributed by atoms with van der Waals surface area (Å²) < 4.78 is 42.3. The quantitative estimate of drug-likeness (QED) is 0.405. The smallest absolute Gasteiger partial charge is 0.255 e. The molecule has 0 radical (unpaired) electrons. The van der Waals surface area contributed by atoms with Crippen molar-refractivity contribution in [2.45, 2.75) is 39.2 Å². The van der Waals surface area contributed by atoms with Crippen LogP contribution in [0.15, 0.2) is 42.6 Å². The van der Waals surface area contributed by atoms with Gasteiger partial charge in [0.25, 0.3) is 5.91 Å². The molecule has 36 heavy (non-hydrogen) atoms. The molecule has 7 nitrogen and oxygen atoms in total. The number of halogens is 2. The van der Waals surface area contributed by atoms with Gasteiger partial charge < -0.3 is 14.8 Å². The lowest BCUT2D eigenvalue weighted by atomic mass is 9.99. The zero-order valence-corrected chi connectivity index (χ0v) is 20.4. The van der Waals surface area contributed by atoms with Crippen molar-refractivity contribution >= 4 is 11.6 Å².